The number of anilines is 1. The number of fused-ring (bicyclic) bond motifs is 1. The molecule has 3 heterocycles. The highest BCUT2D eigenvalue weighted by molar-refractivity contribution is 5.77. The minimum absolute atomic E-state index is 0.206. The van der Waals surface area contributed by atoms with E-state index in [1.165, 1.54) is 6.33 Å². The van der Waals surface area contributed by atoms with Crippen LogP contribution in [0.2, 0.25) is 0 Å². The minimum Gasteiger partial charge on any atom is -0.369 e. The normalized spacial score (nSPS) is 14.2. The van der Waals surface area contributed by atoms with E-state index in [1.807, 2.05) is 41.3 Å². The van der Waals surface area contributed by atoms with Crippen LogP contribution in [-0.2, 0) is 4.79 Å². The number of amides is 1. The Labute approximate surface area is 145 Å². The maximum absolute atomic E-state index is 12.2. The summed E-state index contributed by atoms with van der Waals surface area (Å²) in [6.07, 6.45) is 4.18. The average molecular weight is 336 g/mol. The molecule has 1 aliphatic heterocycles. The Kier molecular flexibility index (Phi) is 4.28. The lowest BCUT2D eigenvalue weighted by Crippen LogP contribution is -2.29. The van der Waals surface area contributed by atoms with E-state index in [2.05, 4.69) is 20.4 Å². The molecule has 1 N–H and O–H groups in total. The van der Waals surface area contributed by atoms with Crippen molar-refractivity contribution >= 4 is 17.5 Å². The highest BCUT2D eigenvalue weighted by atomic mass is 16.2. The first kappa shape index (κ1) is 15.6. The summed E-state index contributed by atoms with van der Waals surface area (Å²) in [6, 6.07) is 11.9. The molecular formula is C18H20N6O. The molecule has 3 aromatic rings. The van der Waals surface area contributed by atoms with Gasteiger partial charge in [-0.05, 0) is 12.8 Å². The summed E-state index contributed by atoms with van der Waals surface area (Å²) in [5, 5.41) is 7.53. The van der Waals surface area contributed by atoms with Crippen LogP contribution in [0.15, 0.2) is 42.7 Å². The zero-order chi connectivity index (χ0) is 17.1. The van der Waals surface area contributed by atoms with Gasteiger partial charge in [0.05, 0.1) is 5.69 Å². The van der Waals surface area contributed by atoms with Crippen molar-refractivity contribution in [3.05, 3.63) is 42.7 Å². The lowest BCUT2D eigenvalue weighted by molar-refractivity contribution is -0.129. The summed E-state index contributed by atoms with van der Waals surface area (Å²) >= 11 is 0. The predicted molar refractivity (Wildman–Crippen MR) is 95.1 cm³/mol. The molecule has 0 saturated carbocycles. The summed E-state index contributed by atoms with van der Waals surface area (Å²) in [7, 11) is 0. The molecule has 4 rings (SSSR count). The van der Waals surface area contributed by atoms with Gasteiger partial charge in [0.25, 0.3) is 5.78 Å². The third-order valence-electron chi connectivity index (χ3n) is 4.43. The zero-order valence-electron chi connectivity index (χ0n) is 13.9. The molecule has 0 bridgehead atoms. The Morgan fingerprint density at radius 2 is 1.96 bits per heavy atom. The first-order valence-corrected chi connectivity index (χ1v) is 8.59. The van der Waals surface area contributed by atoms with Gasteiger partial charge in [0, 0.05) is 37.7 Å². The van der Waals surface area contributed by atoms with E-state index < -0.39 is 0 Å². The quantitative estimate of drug-likeness (QED) is 0.773. The van der Waals surface area contributed by atoms with Crippen LogP contribution in [0.4, 0.5) is 5.82 Å². The number of benzene rings is 1. The second-order valence-electron chi connectivity index (χ2n) is 6.13. The fraction of sp³-hybridized carbons (Fsp3) is 0.333. The van der Waals surface area contributed by atoms with Crippen molar-refractivity contribution in [3.63, 3.8) is 0 Å². The van der Waals surface area contributed by atoms with Crippen LogP contribution in [0.3, 0.4) is 0 Å². The lowest BCUT2D eigenvalue weighted by Gasteiger charge is -2.15. The summed E-state index contributed by atoms with van der Waals surface area (Å²) in [6.45, 7) is 2.33. The number of rotatable bonds is 5. The van der Waals surface area contributed by atoms with Gasteiger partial charge in [-0.15, -0.1) is 0 Å². The third-order valence-corrected chi connectivity index (χ3v) is 4.43. The molecule has 0 unspecified atom stereocenters. The number of carbonyl (C=O) groups excluding carboxylic acids is 1. The van der Waals surface area contributed by atoms with Crippen LogP contribution in [0, 0.1) is 0 Å². The van der Waals surface area contributed by atoms with E-state index in [4.69, 9.17) is 0 Å². The molecule has 1 aliphatic rings. The van der Waals surface area contributed by atoms with Gasteiger partial charge in [-0.1, -0.05) is 30.3 Å². The van der Waals surface area contributed by atoms with E-state index in [0.29, 0.717) is 18.7 Å². The van der Waals surface area contributed by atoms with Gasteiger partial charge in [-0.3, -0.25) is 4.79 Å². The summed E-state index contributed by atoms with van der Waals surface area (Å²) in [5.74, 6) is 1.53. The molecule has 7 nitrogen and oxygen atoms in total. The molecule has 0 radical (unpaired) electrons. The van der Waals surface area contributed by atoms with E-state index in [1.54, 1.807) is 4.52 Å². The fourth-order valence-corrected chi connectivity index (χ4v) is 3.12. The number of carbonyl (C=O) groups is 1. The largest absolute Gasteiger partial charge is 0.369 e. The number of hydrogen-bond donors (Lipinski definition) is 1. The molecule has 1 saturated heterocycles. The number of nitrogens with zero attached hydrogens (tertiary/aromatic N) is 5. The second-order valence-corrected chi connectivity index (χ2v) is 6.13. The molecule has 0 spiro atoms. The van der Waals surface area contributed by atoms with Crippen molar-refractivity contribution in [3.8, 4) is 11.3 Å². The molecule has 25 heavy (non-hydrogen) atoms. The molecule has 0 aliphatic carbocycles. The van der Waals surface area contributed by atoms with Gasteiger partial charge in [0.15, 0.2) is 0 Å². The van der Waals surface area contributed by atoms with Gasteiger partial charge >= 0.3 is 0 Å². The molecular weight excluding hydrogens is 316 g/mol. The Morgan fingerprint density at radius 3 is 2.76 bits per heavy atom. The highest BCUT2D eigenvalue weighted by Gasteiger charge is 2.17. The summed E-state index contributed by atoms with van der Waals surface area (Å²) < 4.78 is 1.66. The monoisotopic (exact) mass is 336 g/mol. The summed E-state index contributed by atoms with van der Waals surface area (Å²) in [5.41, 5.74) is 1.85. The van der Waals surface area contributed by atoms with Crippen molar-refractivity contribution in [2.75, 3.05) is 25.0 Å². The van der Waals surface area contributed by atoms with E-state index in [0.717, 1.165) is 43.0 Å². The van der Waals surface area contributed by atoms with E-state index in [9.17, 15) is 4.79 Å². The number of aromatic nitrogens is 4. The van der Waals surface area contributed by atoms with Crippen LogP contribution in [0.25, 0.3) is 17.0 Å². The zero-order valence-corrected chi connectivity index (χ0v) is 13.9. The van der Waals surface area contributed by atoms with Crippen LogP contribution >= 0.6 is 0 Å². The van der Waals surface area contributed by atoms with Crippen LogP contribution < -0.4 is 5.32 Å². The molecule has 2 aromatic heterocycles. The Hall–Kier alpha value is -2.96. The number of likely N-dealkylation sites (tertiary alicyclic amines) is 1. The number of hydrogen-bond acceptors (Lipinski definition) is 5. The van der Waals surface area contributed by atoms with Gasteiger partial charge in [-0.2, -0.15) is 14.6 Å². The Bertz CT molecular complexity index is 870. The van der Waals surface area contributed by atoms with Gasteiger partial charge in [0.2, 0.25) is 5.91 Å². The van der Waals surface area contributed by atoms with E-state index >= 15 is 0 Å². The first-order chi connectivity index (χ1) is 12.3. The molecule has 0 atom stereocenters. The standard InChI is InChI=1S/C18H20N6O/c25-17(23-10-4-5-11-23)8-9-19-16-12-15(14-6-2-1-3-7-14)22-18-20-13-21-24(16)18/h1-3,6-7,12-13,19H,4-5,8-11H2. The molecule has 7 heteroatoms. The highest BCUT2D eigenvalue weighted by Crippen LogP contribution is 2.21. The predicted octanol–water partition coefficient (Wildman–Crippen LogP) is 2.22. The van der Waals surface area contributed by atoms with Crippen LogP contribution in [0.5, 0.6) is 0 Å². The number of nitrogens with one attached hydrogen (secondary N) is 1. The Balaban J connectivity index is 1.52. The SMILES string of the molecule is O=C(CCNc1cc(-c2ccccc2)nc2ncnn12)N1CCCC1. The van der Waals surface area contributed by atoms with Crippen molar-refractivity contribution in [2.45, 2.75) is 19.3 Å². The molecule has 1 amide bonds. The second kappa shape index (κ2) is 6.88. The van der Waals surface area contributed by atoms with Crippen molar-refractivity contribution < 1.29 is 4.79 Å². The van der Waals surface area contributed by atoms with Crippen molar-refractivity contribution in [2.24, 2.45) is 0 Å². The Morgan fingerprint density at radius 1 is 1.16 bits per heavy atom. The van der Waals surface area contributed by atoms with Crippen LogP contribution in [-0.4, -0.2) is 50.0 Å². The van der Waals surface area contributed by atoms with Gasteiger partial charge in [0.1, 0.15) is 12.1 Å². The summed E-state index contributed by atoms with van der Waals surface area (Å²) in [4.78, 5) is 22.9. The maximum atomic E-state index is 12.2. The van der Waals surface area contributed by atoms with Gasteiger partial charge in [-0.25, -0.2) is 4.98 Å². The van der Waals surface area contributed by atoms with Gasteiger partial charge < -0.3 is 10.2 Å². The lowest BCUT2D eigenvalue weighted by atomic mass is 10.1. The average Bonchev–Trinajstić information content (AvgIpc) is 3.34. The van der Waals surface area contributed by atoms with E-state index in [-0.39, 0.29) is 5.91 Å². The minimum atomic E-state index is 0.206. The first-order valence-electron chi connectivity index (χ1n) is 8.59. The molecule has 1 fully saturated rings. The molecule has 1 aromatic carbocycles. The topological polar surface area (TPSA) is 75.4 Å². The van der Waals surface area contributed by atoms with Crippen molar-refractivity contribution in [1.82, 2.24) is 24.5 Å². The fourth-order valence-electron chi connectivity index (χ4n) is 3.12. The molecule has 128 valence electrons. The smallest absolute Gasteiger partial charge is 0.254 e. The van der Waals surface area contributed by atoms with Crippen molar-refractivity contribution in [1.29, 1.82) is 0 Å². The maximum Gasteiger partial charge on any atom is 0.254 e. The van der Waals surface area contributed by atoms with Crippen LogP contribution in [0.1, 0.15) is 19.3 Å². The third kappa shape index (κ3) is 3.31.